The fourth-order valence-corrected chi connectivity index (χ4v) is 4.13. The first-order valence-electron chi connectivity index (χ1n) is 6.25. The second kappa shape index (κ2) is 6.04. The Bertz CT molecular complexity index is 550. The van der Waals surface area contributed by atoms with Gasteiger partial charge in [0, 0.05) is 19.3 Å². The lowest BCUT2D eigenvalue weighted by molar-refractivity contribution is 0.591. The molecule has 2 rings (SSSR count). The molecule has 0 amide bonds. The molecule has 0 bridgehead atoms. The van der Waals surface area contributed by atoms with E-state index in [2.05, 4.69) is 36.5 Å². The fourth-order valence-electron chi connectivity index (χ4n) is 2.03. The van der Waals surface area contributed by atoms with Crippen LogP contribution < -0.4 is 10.6 Å². The van der Waals surface area contributed by atoms with E-state index in [1.807, 2.05) is 6.92 Å². The van der Waals surface area contributed by atoms with Crippen molar-refractivity contribution >= 4 is 37.5 Å². The van der Waals surface area contributed by atoms with Crippen LogP contribution in [0.3, 0.4) is 0 Å². The first kappa shape index (κ1) is 14.5. The lowest BCUT2D eigenvalue weighted by Gasteiger charge is -2.13. The maximum absolute atomic E-state index is 11.7. The summed E-state index contributed by atoms with van der Waals surface area (Å²) in [6.45, 7) is 3.09. The molecule has 0 spiro atoms. The van der Waals surface area contributed by atoms with Crippen LogP contribution in [0.1, 0.15) is 19.8 Å². The Morgan fingerprint density at radius 1 is 1.47 bits per heavy atom. The van der Waals surface area contributed by atoms with Crippen molar-refractivity contribution in [2.45, 2.75) is 25.0 Å². The number of anilines is 2. The number of sulfone groups is 1. The van der Waals surface area contributed by atoms with Gasteiger partial charge in [0.15, 0.2) is 9.84 Å². The Morgan fingerprint density at radius 2 is 2.26 bits per heavy atom. The lowest BCUT2D eigenvalue weighted by Crippen LogP contribution is -2.25. The summed E-state index contributed by atoms with van der Waals surface area (Å²) in [6.07, 6.45) is 3.12. The Balaban J connectivity index is 2.04. The normalized spacial score (nSPS) is 21.3. The minimum absolute atomic E-state index is 0.299. The fraction of sp³-hybridized carbons (Fsp3) is 0.636. The molecule has 1 aromatic rings. The van der Waals surface area contributed by atoms with Gasteiger partial charge in [-0.3, -0.25) is 0 Å². The summed E-state index contributed by atoms with van der Waals surface area (Å²) in [5.74, 6) is 1.45. The number of rotatable bonds is 5. The number of nitrogens with zero attached hydrogens (tertiary/aromatic N) is 2. The van der Waals surface area contributed by atoms with Gasteiger partial charge in [0.2, 0.25) is 5.95 Å². The third-order valence-corrected chi connectivity index (χ3v) is 5.90. The molecule has 2 heterocycles. The minimum atomic E-state index is -2.93. The third-order valence-electron chi connectivity index (χ3n) is 3.04. The highest BCUT2D eigenvalue weighted by Gasteiger charge is 2.31. The molecule has 106 valence electrons. The van der Waals surface area contributed by atoms with Gasteiger partial charge in [0.1, 0.15) is 5.82 Å². The smallest absolute Gasteiger partial charge is 0.224 e. The average Bonchev–Trinajstić information content (AvgIpc) is 2.69. The van der Waals surface area contributed by atoms with Crippen LogP contribution in [-0.4, -0.2) is 42.5 Å². The molecule has 8 heteroatoms. The number of nitrogens with one attached hydrogen (secondary N) is 2. The summed E-state index contributed by atoms with van der Waals surface area (Å²) in [6, 6.07) is 0. The topological polar surface area (TPSA) is 84.0 Å². The van der Waals surface area contributed by atoms with Crippen molar-refractivity contribution in [3.05, 3.63) is 10.7 Å². The van der Waals surface area contributed by atoms with Gasteiger partial charge in [-0.1, -0.05) is 0 Å². The summed E-state index contributed by atoms with van der Waals surface area (Å²) >= 11 is 3.35. The molecule has 0 aliphatic carbocycles. The Hall–Kier alpha value is -0.890. The van der Waals surface area contributed by atoms with Crippen LogP contribution in [0, 0.1) is 0 Å². The predicted octanol–water partition coefficient (Wildman–Crippen LogP) is 1.66. The van der Waals surface area contributed by atoms with E-state index in [1.165, 1.54) is 0 Å². The van der Waals surface area contributed by atoms with Crippen LogP contribution in [0.2, 0.25) is 0 Å². The number of halogens is 1. The van der Waals surface area contributed by atoms with Crippen molar-refractivity contribution < 1.29 is 8.42 Å². The van der Waals surface area contributed by atoms with E-state index in [0.29, 0.717) is 24.1 Å². The van der Waals surface area contributed by atoms with Crippen molar-refractivity contribution in [2.75, 3.05) is 29.5 Å². The van der Waals surface area contributed by atoms with Crippen LogP contribution >= 0.6 is 15.9 Å². The van der Waals surface area contributed by atoms with Crippen molar-refractivity contribution in [2.24, 2.45) is 0 Å². The first-order chi connectivity index (χ1) is 9.03. The average molecular weight is 349 g/mol. The van der Waals surface area contributed by atoms with Gasteiger partial charge in [0.05, 0.1) is 15.5 Å². The quantitative estimate of drug-likeness (QED) is 0.841. The van der Waals surface area contributed by atoms with Crippen LogP contribution in [-0.2, 0) is 9.84 Å². The highest BCUT2D eigenvalue weighted by atomic mass is 79.9. The molecule has 1 aliphatic rings. The van der Waals surface area contributed by atoms with Crippen LogP contribution in [0.4, 0.5) is 11.8 Å². The van der Waals surface area contributed by atoms with E-state index in [-0.39, 0.29) is 5.25 Å². The molecule has 0 saturated carbocycles. The molecule has 1 unspecified atom stereocenters. The van der Waals surface area contributed by atoms with Gasteiger partial charge in [-0.25, -0.2) is 13.4 Å². The zero-order valence-corrected chi connectivity index (χ0v) is 13.1. The van der Waals surface area contributed by atoms with Crippen molar-refractivity contribution in [3.8, 4) is 0 Å². The van der Waals surface area contributed by atoms with Crippen molar-refractivity contribution in [3.63, 3.8) is 0 Å². The lowest BCUT2D eigenvalue weighted by atomic mass is 10.2. The van der Waals surface area contributed by atoms with E-state index in [4.69, 9.17) is 0 Å². The Labute approximate surface area is 121 Å². The SMILES string of the molecule is CCNc1ncc(Br)c(NCC2CCCS2(=O)=O)n1. The van der Waals surface area contributed by atoms with Crippen molar-refractivity contribution in [1.29, 1.82) is 0 Å². The van der Waals surface area contributed by atoms with Crippen LogP contribution in [0.15, 0.2) is 10.7 Å². The van der Waals surface area contributed by atoms with Crippen molar-refractivity contribution in [1.82, 2.24) is 9.97 Å². The highest BCUT2D eigenvalue weighted by molar-refractivity contribution is 9.10. The molecule has 1 saturated heterocycles. The van der Waals surface area contributed by atoms with Gasteiger partial charge < -0.3 is 10.6 Å². The second-order valence-electron chi connectivity index (χ2n) is 4.43. The molecular weight excluding hydrogens is 332 g/mol. The maximum atomic E-state index is 11.7. The number of hydrogen-bond acceptors (Lipinski definition) is 6. The summed E-state index contributed by atoms with van der Waals surface area (Å²) in [5, 5.41) is 5.80. The predicted molar refractivity (Wildman–Crippen MR) is 79.2 cm³/mol. The summed E-state index contributed by atoms with van der Waals surface area (Å²) < 4.78 is 24.2. The molecule has 1 atom stereocenters. The van der Waals surface area contributed by atoms with Gasteiger partial charge in [-0.15, -0.1) is 0 Å². The standard InChI is InChI=1S/C11H17BrN4O2S/c1-2-13-11-15-7-9(12)10(16-11)14-6-8-4-3-5-19(8,17)18/h7-8H,2-6H2,1H3,(H2,13,14,15,16). The zero-order chi connectivity index (χ0) is 13.9. The molecule has 2 N–H and O–H groups in total. The minimum Gasteiger partial charge on any atom is -0.368 e. The summed E-state index contributed by atoms with van der Waals surface area (Å²) in [5.41, 5.74) is 0. The number of aromatic nitrogens is 2. The van der Waals surface area contributed by atoms with Gasteiger partial charge in [0.25, 0.3) is 0 Å². The number of hydrogen-bond donors (Lipinski definition) is 2. The summed E-state index contributed by atoms with van der Waals surface area (Å²) in [7, 11) is -2.93. The van der Waals surface area contributed by atoms with Crippen LogP contribution in [0.25, 0.3) is 0 Å². The molecule has 1 aromatic heterocycles. The molecule has 1 aliphatic heterocycles. The molecule has 0 aromatic carbocycles. The van der Waals surface area contributed by atoms with Crippen LogP contribution in [0.5, 0.6) is 0 Å². The van der Waals surface area contributed by atoms with Gasteiger partial charge in [-0.2, -0.15) is 4.98 Å². The molecular formula is C11H17BrN4O2S. The Kier molecular flexibility index (Phi) is 4.62. The van der Waals surface area contributed by atoms with Gasteiger partial charge >= 0.3 is 0 Å². The highest BCUT2D eigenvalue weighted by Crippen LogP contribution is 2.23. The van der Waals surface area contributed by atoms with E-state index in [9.17, 15) is 8.42 Å². The second-order valence-corrected chi connectivity index (χ2v) is 7.69. The third kappa shape index (κ3) is 3.56. The molecule has 0 radical (unpaired) electrons. The molecule has 1 fully saturated rings. The largest absolute Gasteiger partial charge is 0.368 e. The van der Waals surface area contributed by atoms with E-state index >= 15 is 0 Å². The maximum Gasteiger partial charge on any atom is 0.224 e. The zero-order valence-electron chi connectivity index (χ0n) is 10.7. The first-order valence-corrected chi connectivity index (χ1v) is 8.75. The van der Waals surface area contributed by atoms with E-state index in [0.717, 1.165) is 23.9 Å². The van der Waals surface area contributed by atoms with E-state index < -0.39 is 9.84 Å². The molecule has 19 heavy (non-hydrogen) atoms. The molecule has 6 nitrogen and oxygen atoms in total. The Morgan fingerprint density at radius 3 is 2.89 bits per heavy atom. The van der Waals surface area contributed by atoms with Gasteiger partial charge in [-0.05, 0) is 35.7 Å². The monoisotopic (exact) mass is 348 g/mol. The summed E-state index contributed by atoms with van der Waals surface area (Å²) in [4.78, 5) is 8.41. The van der Waals surface area contributed by atoms with E-state index in [1.54, 1.807) is 6.20 Å².